The van der Waals surface area contributed by atoms with Gasteiger partial charge in [-0.2, -0.15) is 13.2 Å². The van der Waals surface area contributed by atoms with Crippen molar-refractivity contribution in [3.63, 3.8) is 0 Å². The minimum atomic E-state index is -4.76. The van der Waals surface area contributed by atoms with E-state index in [0.29, 0.717) is 17.0 Å². The number of rotatable bonds is 5. The summed E-state index contributed by atoms with van der Waals surface area (Å²) in [7, 11) is 0. The van der Waals surface area contributed by atoms with Crippen molar-refractivity contribution < 1.29 is 32.4 Å². The van der Waals surface area contributed by atoms with Crippen molar-refractivity contribution in [3.05, 3.63) is 55.3 Å². The highest BCUT2D eigenvalue weighted by atomic mass is 32.1. The molecule has 1 heterocycles. The Morgan fingerprint density at radius 2 is 2.00 bits per heavy atom. The number of ether oxygens (including phenoxy) is 1. The first-order valence-electron chi connectivity index (χ1n) is 8.09. The van der Waals surface area contributed by atoms with Crippen LogP contribution in [0.1, 0.15) is 32.1 Å². The molecule has 0 unspecified atom stereocenters. The van der Waals surface area contributed by atoms with Crippen LogP contribution in [0, 0.1) is 10.1 Å². The van der Waals surface area contributed by atoms with E-state index in [-0.39, 0.29) is 0 Å². The number of aryl methyl sites for hydroxylation is 2. The third-order valence-electron chi connectivity index (χ3n) is 4.08. The number of fused-ring (bicyclic) bond motifs is 1. The van der Waals surface area contributed by atoms with Crippen molar-refractivity contribution in [2.45, 2.75) is 25.4 Å². The first-order chi connectivity index (χ1) is 13.1. The smallest absolute Gasteiger partial charge is 0.416 e. The lowest BCUT2D eigenvalue weighted by molar-refractivity contribution is -0.384. The van der Waals surface area contributed by atoms with Crippen LogP contribution in [0.2, 0.25) is 0 Å². The van der Waals surface area contributed by atoms with E-state index in [0.717, 1.165) is 35.8 Å². The van der Waals surface area contributed by atoms with E-state index in [2.05, 4.69) is 5.32 Å². The molecule has 28 heavy (non-hydrogen) atoms. The van der Waals surface area contributed by atoms with Crippen molar-refractivity contribution in [1.82, 2.24) is 0 Å². The number of halogens is 3. The fourth-order valence-electron chi connectivity index (χ4n) is 2.78. The number of nitro benzene ring substituents is 1. The summed E-state index contributed by atoms with van der Waals surface area (Å²) >= 11 is 1.29. The fourth-order valence-corrected chi connectivity index (χ4v) is 3.93. The number of nitro groups is 1. The highest BCUT2D eigenvalue weighted by molar-refractivity contribution is 7.14. The molecule has 0 aliphatic heterocycles. The van der Waals surface area contributed by atoms with Crippen LogP contribution in [0.25, 0.3) is 0 Å². The van der Waals surface area contributed by atoms with Crippen LogP contribution in [0.3, 0.4) is 0 Å². The molecule has 1 N–H and O–H groups in total. The van der Waals surface area contributed by atoms with Crippen LogP contribution in [0.15, 0.2) is 24.3 Å². The molecule has 1 aliphatic carbocycles. The second-order valence-electron chi connectivity index (χ2n) is 6.02. The zero-order chi connectivity index (χ0) is 20.5. The number of carbonyl (C=O) groups excluding carboxylic acids is 2. The number of benzene rings is 1. The van der Waals surface area contributed by atoms with Gasteiger partial charge in [0.15, 0.2) is 6.61 Å². The lowest BCUT2D eigenvalue weighted by atomic mass is 10.1. The highest BCUT2D eigenvalue weighted by Gasteiger charge is 2.33. The van der Waals surface area contributed by atoms with E-state index in [1.54, 1.807) is 6.07 Å². The standard InChI is InChI=1S/C17H13F3N2O5S/c18-17(19,20)10-4-5-11(12(7-10)22(25)26)21-15(23)8-27-16(24)14-6-9-2-1-3-13(9)28-14/h4-7H,1-3,8H2,(H,21,23). The molecule has 0 fully saturated rings. The van der Waals surface area contributed by atoms with Gasteiger partial charge in [0.25, 0.3) is 11.6 Å². The van der Waals surface area contributed by atoms with Gasteiger partial charge >= 0.3 is 12.1 Å². The number of carbonyl (C=O) groups is 2. The Kier molecular flexibility index (Phi) is 5.36. The van der Waals surface area contributed by atoms with Crippen molar-refractivity contribution in [3.8, 4) is 0 Å². The van der Waals surface area contributed by atoms with Gasteiger partial charge in [0, 0.05) is 10.9 Å². The molecule has 1 aromatic carbocycles. The third kappa shape index (κ3) is 4.30. The molecular formula is C17H13F3N2O5S. The van der Waals surface area contributed by atoms with Crippen LogP contribution < -0.4 is 5.32 Å². The van der Waals surface area contributed by atoms with Crippen molar-refractivity contribution in [2.24, 2.45) is 0 Å². The largest absolute Gasteiger partial charge is 0.451 e. The van der Waals surface area contributed by atoms with E-state index in [1.807, 2.05) is 0 Å². The molecule has 2 aromatic rings. The van der Waals surface area contributed by atoms with Gasteiger partial charge < -0.3 is 10.1 Å². The average molecular weight is 414 g/mol. The Morgan fingerprint density at radius 1 is 1.25 bits per heavy atom. The first kappa shape index (κ1) is 19.8. The summed E-state index contributed by atoms with van der Waals surface area (Å²) in [6.45, 7) is -0.723. The molecule has 3 rings (SSSR count). The second kappa shape index (κ2) is 7.58. The lowest BCUT2D eigenvalue weighted by Crippen LogP contribution is -2.21. The summed E-state index contributed by atoms with van der Waals surface area (Å²) in [5, 5.41) is 13.1. The van der Waals surface area contributed by atoms with Crippen LogP contribution in [0.4, 0.5) is 24.5 Å². The maximum Gasteiger partial charge on any atom is 0.416 e. The van der Waals surface area contributed by atoms with Crippen LogP contribution in [-0.4, -0.2) is 23.4 Å². The van der Waals surface area contributed by atoms with E-state index >= 15 is 0 Å². The van der Waals surface area contributed by atoms with Crippen LogP contribution >= 0.6 is 11.3 Å². The molecule has 1 aliphatic rings. The summed E-state index contributed by atoms with van der Waals surface area (Å²) in [4.78, 5) is 35.4. The van der Waals surface area contributed by atoms with Gasteiger partial charge in [-0.25, -0.2) is 4.79 Å². The first-order valence-corrected chi connectivity index (χ1v) is 8.91. The minimum absolute atomic E-state index is 0.328. The highest BCUT2D eigenvalue weighted by Crippen LogP contribution is 2.35. The number of alkyl halides is 3. The predicted molar refractivity (Wildman–Crippen MR) is 93.4 cm³/mol. The Bertz CT molecular complexity index is 933. The number of anilines is 1. The third-order valence-corrected chi connectivity index (χ3v) is 5.30. The van der Waals surface area contributed by atoms with Gasteiger partial charge in [0.05, 0.1) is 10.5 Å². The molecule has 148 valence electrons. The second-order valence-corrected chi connectivity index (χ2v) is 7.16. The molecule has 0 saturated carbocycles. The number of esters is 1. The zero-order valence-electron chi connectivity index (χ0n) is 14.2. The number of amides is 1. The summed E-state index contributed by atoms with van der Waals surface area (Å²) in [6, 6.07) is 3.44. The Balaban J connectivity index is 1.64. The van der Waals surface area contributed by atoms with Crippen molar-refractivity contribution in [1.29, 1.82) is 0 Å². The maximum absolute atomic E-state index is 12.7. The summed E-state index contributed by atoms with van der Waals surface area (Å²) in [5.41, 5.74) is -1.46. The molecular weight excluding hydrogens is 401 g/mol. The SMILES string of the molecule is O=C(COC(=O)c1cc2c(s1)CCC2)Nc1ccc(C(F)(F)F)cc1[N+](=O)[O-]. The van der Waals surface area contributed by atoms with E-state index in [1.165, 1.54) is 11.3 Å². The minimum Gasteiger partial charge on any atom is -0.451 e. The Labute approximate surface area is 160 Å². The Hall–Kier alpha value is -2.95. The number of hydrogen-bond acceptors (Lipinski definition) is 6. The van der Waals surface area contributed by atoms with Crippen LogP contribution in [-0.2, 0) is 28.5 Å². The number of nitrogens with zero attached hydrogens (tertiary/aromatic N) is 1. The Morgan fingerprint density at radius 3 is 2.64 bits per heavy atom. The molecule has 0 atom stereocenters. The fraction of sp³-hybridized carbons (Fsp3) is 0.294. The van der Waals surface area contributed by atoms with Gasteiger partial charge in [0.2, 0.25) is 0 Å². The lowest BCUT2D eigenvalue weighted by Gasteiger charge is -2.10. The van der Waals surface area contributed by atoms with Gasteiger partial charge in [-0.3, -0.25) is 14.9 Å². The normalized spacial score (nSPS) is 13.1. The molecule has 1 amide bonds. The number of nitrogens with one attached hydrogen (secondary N) is 1. The molecule has 11 heteroatoms. The number of hydrogen-bond donors (Lipinski definition) is 1. The predicted octanol–water partition coefficient (Wildman–Crippen LogP) is 3.96. The van der Waals surface area contributed by atoms with E-state index < -0.39 is 46.5 Å². The van der Waals surface area contributed by atoms with Crippen molar-refractivity contribution >= 4 is 34.6 Å². The summed E-state index contributed by atoms with van der Waals surface area (Å²) in [5.74, 6) is -1.60. The monoisotopic (exact) mass is 414 g/mol. The molecule has 7 nitrogen and oxygen atoms in total. The summed E-state index contributed by atoms with van der Waals surface area (Å²) < 4.78 is 43.0. The van der Waals surface area contributed by atoms with Gasteiger partial charge in [-0.05, 0) is 43.0 Å². The molecule has 0 radical (unpaired) electrons. The van der Waals surface area contributed by atoms with Gasteiger partial charge in [-0.1, -0.05) is 0 Å². The molecule has 0 bridgehead atoms. The van der Waals surface area contributed by atoms with Crippen LogP contribution in [0.5, 0.6) is 0 Å². The average Bonchev–Trinajstić information content (AvgIpc) is 3.20. The summed E-state index contributed by atoms with van der Waals surface area (Å²) in [6.07, 6.45) is -1.95. The van der Waals surface area contributed by atoms with E-state index in [9.17, 15) is 32.9 Å². The molecule has 0 saturated heterocycles. The quantitative estimate of drug-likeness (QED) is 0.454. The topological polar surface area (TPSA) is 98.5 Å². The molecule has 1 aromatic heterocycles. The van der Waals surface area contributed by atoms with Gasteiger partial charge in [0.1, 0.15) is 10.6 Å². The molecule has 0 spiro atoms. The number of thiophene rings is 1. The van der Waals surface area contributed by atoms with Gasteiger partial charge in [-0.15, -0.1) is 11.3 Å². The van der Waals surface area contributed by atoms with Crippen molar-refractivity contribution in [2.75, 3.05) is 11.9 Å². The van der Waals surface area contributed by atoms with E-state index in [4.69, 9.17) is 4.74 Å². The maximum atomic E-state index is 12.7. The zero-order valence-corrected chi connectivity index (χ0v) is 15.0.